The van der Waals surface area contributed by atoms with Crippen molar-refractivity contribution in [3.05, 3.63) is 35.4 Å². The summed E-state index contributed by atoms with van der Waals surface area (Å²) >= 11 is 0. The van der Waals surface area contributed by atoms with Crippen molar-refractivity contribution >= 4 is 6.03 Å². The molecule has 1 fully saturated rings. The van der Waals surface area contributed by atoms with E-state index < -0.39 is 17.8 Å². The summed E-state index contributed by atoms with van der Waals surface area (Å²) in [6, 6.07) is 4.89. The van der Waals surface area contributed by atoms with Crippen LogP contribution in [0.5, 0.6) is 0 Å². The number of benzene rings is 1. The highest BCUT2D eigenvalue weighted by molar-refractivity contribution is 5.74. The summed E-state index contributed by atoms with van der Waals surface area (Å²) in [6.45, 7) is 1.52. The Morgan fingerprint density at radius 2 is 1.90 bits per heavy atom. The van der Waals surface area contributed by atoms with Gasteiger partial charge in [-0.3, -0.25) is 0 Å². The highest BCUT2D eigenvalue weighted by atomic mass is 19.4. The van der Waals surface area contributed by atoms with Gasteiger partial charge in [0, 0.05) is 12.6 Å². The van der Waals surface area contributed by atoms with Crippen molar-refractivity contribution in [1.82, 2.24) is 16.0 Å². The van der Waals surface area contributed by atoms with Gasteiger partial charge in [-0.25, -0.2) is 4.79 Å². The van der Waals surface area contributed by atoms with Gasteiger partial charge in [-0.15, -0.1) is 0 Å². The maximum Gasteiger partial charge on any atom is 0.416 e. The lowest BCUT2D eigenvalue weighted by Crippen LogP contribution is -2.46. The quantitative estimate of drug-likeness (QED) is 0.802. The van der Waals surface area contributed by atoms with Gasteiger partial charge in [0.05, 0.1) is 5.56 Å². The molecular weight excluding hydrogens is 283 g/mol. The number of rotatable bonds is 3. The lowest BCUT2D eigenvalue weighted by atomic mass is 10.1. The molecule has 1 saturated heterocycles. The zero-order chi connectivity index (χ0) is 15.3. The van der Waals surface area contributed by atoms with Crippen LogP contribution in [0.25, 0.3) is 0 Å². The largest absolute Gasteiger partial charge is 0.416 e. The van der Waals surface area contributed by atoms with Gasteiger partial charge in [-0.1, -0.05) is 18.2 Å². The van der Waals surface area contributed by atoms with E-state index in [0.29, 0.717) is 0 Å². The van der Waals surface area contributed by atoms with Crippen LogP contribution in [-0.2, 0) is 12.7 Å². The van der Waals surface area contributed by atoms with E-state index in [4.69, 9.17) is 0 Å². The van der Waals surface area contributed by atoms with E-state index in [1.165, 1.54) is 18.2 Å². The Hall–Kier alpha value is -1.76. The van der Waals surface area contributed by atoms with E-state index in [1.807, 2.05) is 0 Å². The molecule has 2 amide bonds. The Kier molecular flexibility index (Phi) is 5.06. The van der Waals surface area contributed by atoms with Crippen molar-refractivity contribution in [1.29, 1.82) is 0 Å². The summed E-state index contributed by atoms with van der Waals surface area (Å²) in [4.78, 5) is 11.7. The monoisotopic (exact) mass is 301 g/mol. The van der Waals surface area contributed by atoms with Crippen molar-refractivity contribution in [2.75, 3.05) is 13.1 Å². The van der Waals surface area contributed by atoms with Crippen LogP contribution in [0.15, 0.2) is 24.3 Å². The molecule has 0 spiro atoms. The van der Waals surface area contributed by atoms with E-state index in [2.05, 4.69) is 16.0 Å². The molecular formula is C14H18F3N3O. The molecule has 0 saturated carbocycles. The van der Waals surface area contributed by atoms with Crippen LogP contribution in [0, 0.1) is 0 Å². The van der Waals surface area contributed by atoms with Crippen LogP contribution in [0.3, 0.4) is 0 Å². The third kappa shape index (κ3) is 4.63. The highest BCUT2D eigenvalue weighted by Gasteiger charge is 2.32. The molecule has 7 heteroatoms. The van der Waals surface area contributed by atoms with Gasteiger partial charge in [-0.2, -0.15) is 13.2 Å². The zero-order valence-electron chi connectivity index (χ0n) is 11.5. The first-order valence-corrected chi connectivity index (χ1v) is 6.87. The lowest BCUT2D eigenvalue weighted by Gasteiger charge is -2.24. The normalized spacial score (nSPS) is 16.5. The fraction of sp³-hybridized carbons (Fsp3) is 0.500. The van der Waals surface area contributed by atoms with Crippen molar-refractivity contribution in [2.45, 2.75) is 31.6 Å². The molecule has 4 nitrogen and oxygen atoms in total. The summed E-state index contributed by atoms with van der Waals surface area (Å²) in [6.07, 6.45) is -2.76. The van der Waals surface area contributed by atoms with Crippen LogP contribution < -0.4 is 16.0 Å². The fourth-order valence-corrected chi connectivity index (χ4v) is 2.33. The summed E-state index contributed by atoms with van der Waals surface area (Å²) in [7, 11) is 0. The summed E-state index contributed by atoms with van der Waals surface area (Å²) < 4.78 is 38.4. The molecule has 21 heavy (non-hydrogen) atoms. The highest BCUT2D eigenvalue weighted by Crippen LogP contribution is 2.31. The Bertz CT molecular complexity index is 485. The van der Waals surface area contributed by atoms with Gasteiger partial charge in [0.15, 0.2) is 0 Å². The van der Waals surface area contributed by atoms with Crippen LogP contribution in [0.4, 0.5) is 18.0 Å². The predicted octanol–water partition coefficient (Wildman–Crippen LogP) is 2.26. The van der Waals surface area contributed by atoms with Gasteiger partial charge < -0.3 is 16.0 Å². The smallest absolute Gasteiger partial charge is 0.335 e. The minimum absolute atomic E-state index is 0.0606. The van der Waals surface area contributed by atoms with Crippen LogP contribution >= 0.6 is 0 Å². The van der Waals surface area contributed by atoms with Gasteiger partial charge in [-0.05, 0) is 37.6 Å². The second kappa shape index (κ2) is 6.80. The molecule has 0 atom stereocenters. The number of carbonyl (C=O) groups excluding carboxylic acids is 1. The molecule has 0 aliphatic carbocycles. The third-order valence-corrected chi connectivity index (χ3v) is 3.44. The number of piperidine rings is 1. The third-order valence-electron chi connectivity index (χ3n) is 3.44. The van der Waals surface area contributed by atoms with Gasteiger partial charge >= 0.3 is 12.2 Å². The second-order valence-corrected chi connectivity index (χ2v) is 5.01. The van der Waals surface area contributed by atoms with Gasteiger partial charge in [0.1, 0.15) is 0 Å². The summed E-state index contributed by atoms with van der Waals surface area (Å²) in [5, 5.41) is 8.44. The number of urea groups is 1. The number of hydrogen-bond donors (Lipinski definition) is 3. The average Bonchev–Trinajstić information content (AvgIpc) is 2.45. The molecule has 1 aliphatic heterocycles. The molecule has 0 aromatic heterocycles. The summed E-state index contributed by atoms with van der Waals surface area (Å²) in [5.74, 6) is 0. The number of alkyl halides is 3. The predicted molar refractivity (Wildman–Crippen MR) is 72.7 cm³/mol. The first kappa shape index (κ1) is 15.6. The maximum absolute atomic E-state index is 12.8. The first-order chi connectivity index (χ1) is 9.97. The van der Waals surface area contributed by atoms with E-state index in [-0.39, 0.29) is 18.2 Å². The van der Waals surface area contributed by atoms with Crippen molar-refractivity contribution in [3.63, 3.8) is 0 Å². The Morgan fingerprint density at radius 3 is 2.57 bits per heavy atom. The van der Waals surface area contributed by atoms with E-state index in [1.54, 1.807) is 0 Å². The maximum atomic E-state index is 12.8. The molecule has 0 unspecified atom stereocenters. The van der Waals surface area contributed by atoms with Crippen LogP contribution in [0.1, 0.15) is 24.0 Å². The number of nitrogens with one attached hydrogen (secondary N) is 3. The molecule has 1 aliphatic rings. The fourth-order valence-electron chi connectivity index (χ4n) is 2.33. The molecule has 0 radical (unpaired) electrons. The lowest BCUT2D eigenvalue weighted by molar-refractivity contribution is -0.138. The topological polar surface area (TPSA) is 53.2 Å². The molecule has 1 aromatic carbocycles. The van der Waals surface area contributed by atoms with Crippen molar-refractivity contribution < 1.29 is 18.0 Å². The Morgan fingerprint density at radius 1 is 1.24 bits per heavy atom. The molecule has 0 bridgehead atoms. The Balaban J connectivity index is 1.89. The molecule has 2 rings (SSSR count). The van der Waals surface area contributed by atoms with E-state index in [0.717, 1.165) is 32.0 Å². The summed E-state index contributed by atoms with van der Waals surface area (Å²) in [5.41, 5.74) is -0.655. The van der Waals surface area contributed by atoms with Crippen LogP contribution in [-0.4, -0.2) is 25.2 Å². The Labute approximate surface area is 121 Å². The minimum atomic E-state index is -4.41. The van der Waals surface area contributed by atoms with E-state index in [9.17, 15) is 18.0 Å². The molecule has 116 valence electrons. The molecule has 1 aromatic rings. The zero-order valence-corrected chi connectivity index (χ0v) is 11.5. The first-order valence-electron chi connectivity index (χ1n) is 6.87. The van der Waals surface area contributed by atoms with Crippen LogP contribution in [0.2, 0.25) is 0 Å². The standard InChI is InChI=1S/C14H18F3N3O/c15-14(16,17)12-4-2-1-3-10(12)9-19-13(21)20-11-5-7-18-8-6-11/h1-4,11,18H,5-9H2,(H2,19,20,21). The van der Waals surface area contributed by atoms with Crippen molar-refractivity contribution in [2.24, 2.45) is 0 Å². The number of halogens is 3. The molecule has 3 N–H and O–H groups in total. The average molecular weight is 301 g/mol. The number of hydrogen-bond acceptors (Lipinski definition) is 2. The second-order valence-electron chi connectivity index (χ2n) is 5.01. The van der Waals surface area contributed by atoms with Crippen molar-refractivity contribution in [3.8, 4) is 0 Å². The number of carbonyl (C=O) groups is 1. The van der Waals surface area contributed by atoms with Gasteiger partial charge in [0.25, 0.3) is 0 Å². The minimum Gasteiger partial charge on any atom is -0.335 e. The number of amides is 2. The SMILES string of the molecule is O=C(NCc1ccccc1C(F)(F)F)NC1CCNCC1. The van der Waals surface area contributed by atoms with E-state index >= 15 is 0 Å². The van der Waals surface area contributed by atoms with Gasteiger partial charge in [0.2, 0.25) is 0 Å². The molecule has 1 heterocycles.